The number of carbonyl (C=O) groups is 1. The minimum absolute atomic E-state index is 0.220. The summed E-state index contributed by atoms with van der Waals surface area (Å²) in [6.07, 6.45) is 16.6. The number of carboxylic acids is 1. The maximum absolute atomic E-state index is 11.5. The number of unbranched alkanes of at least 4 members (excludes halogenated alkanes) is 9. The lowest BCUT2D eigenvalue weighted by atomic mass is 9.82. The maximum Gasteiger partial charge on any atom is 0.0448 e. The van der Waals surface area contributed by atoms with Gasteiger partial charge in [-0.15, -0.1) is 0 Å². The van der Waals surface area contributed by atoms with E-state index >= 15 is 0 Å². The normalized spacial score (nSPS) is 14.0. The van der Waals surface area contributed by atoms with Crippen molar-refractivity contribution in [1.82, 2.24) is 0 Å². The average molecular weight is 312 g/mol. The van der Waals surface area contributed by atoms with E-state index in [4.69, 9.17) is 0 Å². The van der Waals surface area contributed by atoms with E-state index in [1.165, 1.54) is 57.8 Å². The lowest BCUT2D eigenvalue weighted by Crippen LogP contribution is -2.36. The number of hydrogen-bond donors (Lipinski definition) is 0. The standard InChI is InChI=1S/C20H40O2/c1-4-7-9-10-11-12-13-15-17-19(20(21)22)18(6-3)16-14-8-5-2/h18-19H,4-17H2,1-3H3,(H,21,22)/p-1. The Hall–Kier alpha value is -0.530. The summed E-state index contributed by atoms with van der Waals surface area (Å²) in [4.78, 5) is 11.5. The predicted molar refractivity (Wildman–Crippen MR) is 93.6 cm³/mol. The third-order valence-corrected chi connectivity index (χ3v) is 4.94. The highest BCUT2D eigenvalue weighted by Gasteiger charge is 2.20. The van der Waals surface area contributed by atoms with Crippen molar-refractivity contribution in [3.05, 3.63) is 0 Å². The lowest BCUT2D eigenvalue weighted by molar-refractivity contribution is -0.313. The molecule has 2 heteroatoms. The molecule has 0 spiro atoms. The van der Waals surface area contributed by atoms with Gasteiger partial charge in [0.05, 0.1) is 0 Å². The van der Waals surface area contributed by atoms with E-state index < -0.39 is 5.97 Å². The van der Waals surface area contributed by atoms with Gasteiger partial charge in [-0.3, -0.25) is 0 Å². The maximum atomic E-state index is 11.5. The van der Waals surface area contributed by atoms with E-state index in [0.29, 0.717) is 5.92 Å². The molecule has 0 aromatic carbocycles. The first-order chi connectivity index (χ1) is 10.7. The second-order valence-electron chi connectivity index (χ2n) is 6.85. The van der Waals surface area contributed by atoms with E-state index in [9.17, 15) is 9.90 Å². The molecule has 0 N–H and O–H groups in total. The van der Waals surface area contributed by atoms with E-state index in [0.717, 1.165) is 32.1 Å². The molecule has 22 heavy (non-hydrogen) atoms. The molecule has 0 aromatic rings. The van der Waals surface area contributed by atoms with Crippen molar-refractivity contribution in [2.45, 2.75) is 111 Å². The molecule has 0 radical (unpaired) electrons. The summed E-state index contributed by atoms with van der Waals surface area (Å²) in [6.45, 7) is 6.56. The summed E-state index contributed by atoms with van der Waals surface area (Å²) in [7, 11) is 0. The van der Waals surface area contributed by atoms with Crippen LogP contribution in [0.2, 0.25) is 0 Å². The van der Waals surface area contributed by atoms with Gasteiger partial charge < -0.3 is 9.90 Å². The summed E-state index contributed by atoms with van der Waals surface area (Å²) in [5.74, 6) is -0.714. The molecule has 0 aliphatic rings. The first-order valence-corrected chi connectivity index (χ1v) is 9.88. The van der Waals surface area contributed by atoms with Crippen LogP contribution in [0.25, 0.3) is 0 Å². The van der Waals surface area contributed by atoms with Crippen LogP contribution in [0.4, 0.5) is 0 Å². The molecule has 0 heterocycles. The molecule has 2 unspecified atom stereocenters. The molecule has 2 atom stereocenters. The number of rotatable bonds is 16. The molecule has 0 saturated carbocycles. The summed E-state index contributed by atoms with van der Waals surface area (Å²) in [6, 6.07) is 0. The Morgan fingerprint density at radius 2 is 1.18 bits per heavy atom. The molecule has 0 aliphatic heterocycles. The SMILES string of the molecule is CCCCCCCCCCC(C(=O)[O-])C(CC)CCCCC. The largest absolute Gasteiger partial charge is 0.550 e. The third kappa shape index (κ3) is 11.1. The van der Waals surface area contributed by atoms with Crippen LogP contribution in [0.1, 0.15) is 111 Å². The van der Waals surface area contributed by atoms with Gasteiger partial charge in [0.1, 0.15) is 0 Å². The smallest absolute Gasteiger partial charge is 0.0448 e. The molecule has 2 nitrogen and oxygen atoms in total. The molecule has 0 rings (SSSR count). The van der Waals surface area contributed by atoms with Gasteiger partial charge in [-0.2, -0.15) is 0 Å². The Bertz CT molecular complexity index is 250. The minimum atomic E-state index is -0.814. The molecule has 0 saturated heterocycles. The zero-order valence-corrected chi connectivity index (χ0v) is 15.4. The van der Waals surface area contributed by atoms with Crippen LogP contribution < -0.4 is 5.11 Å². The van der Waals surface area contributed by atoms with Crippen molar-refractivity contribution < 1.29 is 9.90 Å². The van der Waals surface area contributed by atoms with Crippen molar-refractivity contribution in [3.63, 3.8) is 0 Å². The average Bonchev–Trinajstić information content (AvgIpc) is 2.51. The van der Waals surface area contributed by atoms with Gasteiger partial charge in [-0.05, 0) is 18.8 Å². The van der Waals surface area contributed by atoms with Crippen LogP contribution in [0, 0.1) is 11.8 Å². The Morgan fingerprint density at radius 3 is 1.68 bits per heavy atom. The van der Waals surface area contributed by atoms with Crippen LogP contribution in [-0.4, -0.2) is 5.97 Å². The quantitative estimate of drug-likeness (QED) is 0.354. The highest BCUT2D eigenvalue weighted by molar-refractivity contribution is 5.67. The van der Waals surface area contributed by atoms with Gasteiger partial charge in [0.25, 0.3) is 0 Å². The number of hydrogen-bond acceptors (Lipinski definition) is 2. The number of carbonyl (C=O) groups excluding carboxylic acids is 1. The van der Waals surface area contributed by atoms with Crippen molar-refractivity contribution >= 4 is 5.97 Å². The fraction of sp³-hybridized carbons (Fsp3) is 0.950. The second kappa shape index (κ2) is 15.4. The first-order valence-electron chi connectivity index (χ1n) is 9.88. The van der Waals surface area contributed by atoms with Gasteiger partial charge in [-0.1, -0.05) is 97.8 Å². The van der Waals surface area contributed by atoms with E-state index in [1.54, 1.807) is 0 Å². The third-order valence-electron chi connectivity index (χ3n) is 4.94. The minimum Gasteiger partial charge on any atom is -0.550 e. The van der Waals surface area contributed by atoms with Gasteiger partial charge in [0.2, 0.25) is 0 Å². The Balaban J connectivity index is 3.89. The lowest BCUT2D eigenvalue weighted by Gasteiger charge is -2.27. The van der Waals surface area contributed by atoms with Crippen LogP contribution in [-0.2, 0) is 4.79 Å². The van der Waals surface area contributed by atoms with E-state index in [1.807, 2.05) is 0 Å². The zero-order valence-electron chi connectivity index (χ0n) is 15.4. The summed E-state index contributed by atoms with van der Waals surface area (Å²) in [5.41, 5.74) is 0. The fourth-order valence-corrected chi connectivity index (χ4v) is 3.39. The summed E-state index contributed by atoms with van der Waals surface area (Å²) < 4.78 is 0. The predicted octanol–water partition coefficient (Wildman–Crippen LogP) is 5.49. The molecular formula is C20H39O2-. The van der Waals surface area contributed by atoms with Crippen LogP contribution >= 0.6 is 0 Å². The van der Waals surface area contributed by atoms with Gasteiger partial charge in [0.15, 0.2) is 0 Å². The van der Waals surface area contributed by atoms with Crippen molar-refractivity contribution in [3.8, 4) is 0 Å². The fourth-order valence-electron chi connectivity index (χ4n) is 3.39. The highest BCUT2D eigenvalue weighted by atomic mass is 16.4. The number of carboxylic acid groups (broad SMARTS) is 1. The first kappa shape index (κ1) is 21.5. The van der Waals surface area contributed by atoms with Crippen LogP contribution in [0.15, 0.2) is 0 Å². The van der Waals surface area contributed by atoms with Crippen molar-refractivity contribution in [2.24, 2.45) is 11.8 Å². The zero-order chi connectivity index (χ0) is 16.6. The van der Waals surface area contributed by atoms with Crippen molar-refractivity contribution in [1.29, 1.82) is 0 Å². The molecule has 0 aromatic heterocycles. The Labute approximate surface area is 139 Å². The van der Waals surface area contributed by atoms with Gasteiger partial charge in [-0.25, -0.2) is 0 Å². The molecule has 0 bridgehead atoms. The van der Waals surface area contributed by atoms with Gasteiger partial charge >= 0.3 is 0 Å². The highest BCUT2D eigenvalue weighted by Crippen LogP contribution is 2.27. The van der Waals surface area contributed by atoms with Crippen LogP contribution in [0.5, 0.6) is 0 Å². The Kier molecular flexibility index (Phi) is 15.0. The molecule has 0 fully saturated rings. The van der Waals surface area contributed by atoms with Gasteiger partial charge in [0, 0.05) is 11.9 Å². The molecule has 0 aliphatic carbocycles. The Morgan fingerprint density at radius 1 is 0.727 bits per heavy atom. The van der Waals surface area contributed by atoms with E-state index in [-0.39, 0.29) is 5.92 Å². The molecule has 132 valence electrons. The summed E-state index contributed by atoms with van der Waals surface area (Å²) >= 11 is 0. The number of aliphatic carboxylic acids is 1. The van der Waals surface area contributed by atoms with E-state index in [2.05, 4.69) is 20.8 Å². The monoisotopic (exact) mass is 311 g/mol. The molecule has 0 amide bonds. The second-order valence-corrected chi connectivity index (χ2v) is 6.85. The van der Waals surface area contributed by atoms with Crippen LogP contribution in [0.3, 0.4) is 0 Å². The molecular weight excluding hydrogens is 272 g/mol. The topological polar surface area (TPSA) is 40.1 Å². The summed E-state index contributed by atoms with van der Waals surface area (Å²) in [5, 5.41) is 11.5. The van der Waals surface area contributed by atoms with Crippen molar-refractivity contribution in [2.75, 3.05) is 0 Å².